The molecule has 24 heavy (non-hydrogen) atoms. The van der Waals surface area contributed by atoms with E-state index in [9.17, 15) is 4.79 Å². The van der Waals surface area contributed by atoms with Gasteiger partial charge >= 0.3 is 0 Å². The number of ether oxygens (including phenoxy) is 1. The number of nitrogens with zero attached hydrogens (tertiary/aromatic N) is 3. The summed E-state index contributed by atoms with van der Waals surface area (Å²) in [6, 6.07) is 16.8. The lowest BCUT2D eigenvalue weighted by atomic mass is 10.3. The van der Waals surface area contributed by atoms with E-state index >= 15 is 0 Å². The fraction of sp³-hybridized carbons (Fsp3) is 0.167. The molecule has 0 saturated heterocycles. The predicted octanol–water partition coefficient (Wildman–Crippen LogP) is 2.60. The van der Waals surface area contributed by atoms with Crippen LogP contribution in [0.5, 0.6) is 5.88 Å². The summed E-state index contributed by atoms with van der Waals surface area (Å²) in [5, 5.41) is 7.19. The Morgan fingerprint density at radius 3 is 2.67 bits per heavy atom. The highest BCUT2D eigenvalue weighted by atomic mass is 16.5. The first-order valence-corrected chi connectivity index (χ1v) is 7.74. The van der Waals surface area contributed by atoms with Crippen LogP contribution in [0.15, 0.2) is 60.8 Å². The van der Waals surface area contributed by atoms with E-state index in [4.69, 9.17) is 4.74 Å². The van der Waals surface area contributed by atoms with Crippen LogP contribution in [0.1, 0.15) is 23.1 Å². The third kappa shape index (κ3) is 3.60. The standard InChI is InChI=1S/C18H18N4O2/c1-2-24-17-12-16(21-22(17)15-9-4-3-5-10-15)18(23)20-13-14-8-6-7-11-19-14/h3-12H,2,13H2,1H3,(H,20,23). The normalized spacial score (nSPS) is 10.4. The molecule has 0 atom stereocenters. The van der Waals surface area contributed by atoms with Gasteiger partial charge in [0.2, 0.25) is 5.88 Å². The van der Waals surface area contributed by atoms with Crippen molar-refractivity contribution in [1.82, 2.24) is 20.1 Å². The molecule has 0 radical (unpaired) electrons. The van der Waals surface area contributed by atoms with Crippen molar-refractivity contribution in [2.75, 3.05) is 6.61 Å². The Bertz CT molecular complexity index is 800. The number of benzene rings is 1. The number of para-hydroxylation sites is 1. The topological polar surface area (TPSA) is 69.0 Å². The average molecular weight is 322 g/mol. The van der Waals surface area contributed by atoms with Gasteiger partial charge in [-0.25, -0.2) is 4.68 Å². The Balaban J connectivity index is 1.79. The van der Waals surface area contributed by atoms with Crippen LogP contribution in [0.2, 0.25) is 0 Å². The van der Waals surface area contributed by atoms with E-state index < -0.39 is 0 Å². The molecule has 6 heteroatoms. The van der Waals surface area contributed by atoms with Crippen LogP contribution in [0.25, 0.3) is 5.69 Å². The summed E-state index contributed by atoms with van der Waals surface area (Å²) < 4.78 is 7.22. The smallest absolute Gasteiger partial charge is 0.272 e. The van der Waals surface area contributed by atoms with Crippen molar-refractivity contribution in [3.63, 3.8) is 0 Å². The highest BCUT2D eigenvalue weighted by molar-refractivity contribution is 5.92. The number of pyridine rings is 1. The molecular formula is C18H18N4O2. The third-order valence-corrected chi connectivity index (χ3v) is 3.36. The zero-order valence-corrected chi connectivity index (χ0v) is 13.3. The fourth-order valence-electron chi connectivity index (χ4n) is 2.24. The van der Waals surface area contributed by atoms with Crippen LogP contribution in [0, 0.1) is 0 Å². The Hall–Kier alpha value is -3.15. The number of aromatic nitrogens is 3. The monoisotopic (exact) mass is 322 g/mol. The Morgan fingerprint density at radius 1 is 1.17 bits per heavy atom. The lowest BCUT2D eigenvalue weighted by molar-refractivity contribution is 0.0945. The molecule has 0 aliphatic rings. The number of hydrogen-bond acceptors (Lipinski definition) is 4. The molecule has 0 aliphatic heterocycles. The second-order valence-electron chi connectivity index (χ2n) is 5.05. The number of carbonyl (C=O) groups excluding carboxylic acids is 1. The molecule has 3 rings (SSSR count). The molecule has 1 amide bonds. The lowest BCUT2D eigenvalue weighted by Gasteiger charge is -2.06. The maximum Gasteiger partial charge on any atom is 0.272 e. The fourth-order valence-corrected chi connectivity index (χ4v) is 2.24. The highest BCUT2D eigenvalue weighted by Crippen LogP contribution is 2.19. The average Bonchev–Trinajstić information content (AvgIpc) is 3.06. The molecular weight excluding hydrogens is 304 g/mol. The van der Waals surface area contributed by atoms with Crippen LogP contribution in [0.3, 0.4) is 0 Å². The van der Waals surface area contributed by atoms with Crippen molar-refractivity contribution < 1.29 is 9.53 Å². The number of carbonyl (C=O) groups is 1. The molecule has 3 aromatic rings. The van der Waals surface area contributed by atoms with Gasteiger partial charge < -0.3 is 10.1 Å². The second-order valence-corrected chi connectivity index (χ2v) is 5.05. The molecule has 2 aromatic heterocycles. The van der Waals surface area contributed by atoms with Crippen LogP contribution >= 0.6 is 0 Å². The Kier molecular flexibility index (Phi) is 4.86. The van der Waals surface area contributed by atoms with E-state index in [1.54, 1.807) is 16.9 Å². The van der Waals surface area contributed by atoms with E-state index in [0.717, 1.165) is 11.4 Å². The second kappa shape index (κ2) is 7.41. The quantitative estimate of drug-likeness (QED) is 0.757. The molecule has 0 fully saturated rings. The molecule has 6 nitrogen and oxygen atoms in total. The van der Waals surface area contributed by atoms with Gasteiger partial charge in [0.15, 0.2) is 5.69 Å². The van der Waals surface area contributed by atoms with Gasteiger partial charge in [-0.3, -0.25) is 9.78 Å². The van der Waals surface area contributed by atoms with Gasteiger partial charge in [0.1, 0.15) is 0 Å². The molecule has 1 N–H and O–H groups in total. The first kappa shape index (κ1) is 15.7. The SMILES string of the molecule is CCOc1cc(C(=O)NCc2ccccn2)nn1-c1ccccc1. The van der Waals surface area contributed by atoms with E-state index in [1.165, 1.54) is 0 Å². The van der Waals surface area contributed by atoms with Crippen molar-refractivity contribution in [3.05, 3.63) is 72.2 Å². The zero-order valence-electron chi connectivity index (χ0n) is 13.3. The Labute approximate surface area is 140 Å². The van der Waals surface area contributed by atoms with Crippen LogP contribution in [-0.2, 0) is 6.54 Å². The van der Waals surface area contributed by atoms with E-state index in [2.05, 4.69) is 15.4 Å². The molecule has 2 heterocycles. The van der Waals surface area contributed by atoms with Gasteiger partial charge in [0, 0.05) is 12.3 Å². The van der Waals surface area contributed by atoms with E-state index in [0.29, 0.717) is 24.7 Å². The van der Waals surface area contributed by atoms with Gasteiger partial charge in [-0.15, -0.1) is 0 Å². The summed E-state index contributed by atoms with van der Waals surface area (Å²) in [5.74, 6) is 0.267. The molecule has 122 valence electrons. The van der Waals surface area contributed by atoms with Gasteiger partial charge in [-0.05, 0) is 31.2 Å². The van der Waals surface area contributed by atoms with E-state index in [-0.39, 0.29) is 5.91 Å². The summed E-state index contributed by atoms with van der Waals surface area (Å²) in [6.45, 7) is 2.73. The molecule has 0 saturated carbocycles. The third-order valence-electron chi connectivity index (χ3n) is 3.36. The van der Waals surface area contributed by atoms with E-state index in [1.807, 2.05) is 55.5 Å². The molecule has 0 aliphatic carbocycles. The summed E-state index contributed by atoms with van der Waals surface area (Å²) in [6.07, 6.45) is 1.69. The number of amides is 1. The van der Waals surface area contributed by atoms with Gasteiger partial charge in [0.05, 0.1) is 24.5 Å². The minimum Gasteiger partial charge on any atom is -0.478 e. The van der Waals surface area contributed by atoms with Gasteiger partial charge in [-0.2, -0.15) is 5.10 Å². The predicted molar refractivity (Wildman–Crippen MR) is 90.1 cm³/mol. The minimum absolute atomic E-state index is 0.267. The molecule has 0 unspecified atom stereocenters. The zero-order chi connectivity index (χ0) is 16.8. The number of rotatable bonds is 6. The molecule has 0 spiro atoms. The van der Waals surface area contributed by atoms with Crippen LogP contribution < -0.4 is 10.1 Å². The first-order valence-electron chi connectivity index (χ1n) is 7.74. The number of nitrogens with one attached hydrogen (secondary N) is 1. The summed E-state index contributed by atoms with van der Waals surface area (Å²) >= 11 is 0. The van der Waals surface area contributed by atoms with Crippen molar-refractivity contribution in [3.8, 4) is 11.6 Å². The Morgan fingerprint density at radius 2 is 1.96 bits per heavy atom. The summed E-state index contributed by atoms with van der Waals surface area (Å²) in [7, 11) is 0. The van der Waals surface area contributed by atoms with Crippen molar-refractivity contribution in [2.24, 2.45) is 0 Å². The van der Waals surface area contributed by atoms with Crippen molar-refractivity contribution >= 4 is 5.91 Å². The number of hydrogen-bond donors (Lipinski definition) is 1. The minimum atomic E-state index is -0.267. The molecule has 1 aromatic carbocycles. The van der Waals surface area contributed by atoms with Crippen molar-refractivity contribution in [2.45, 2.75) is 13.5 Å². The van der Waals surface area contributed by atoms with Gasteiger partial charge in [-0.1, -0.05) is 24.3 Å². The highest BCUT2D eigenvalue weighted by Gasteiger charge is 2.16. The lowest BCUT2D eigenvalue weighted by Crippen LogP contribution is -2.23. The largest absolute Gasteiger partial charge is 0.478 e. The van der Waals surface area contributed by atoms with Crippen LogP contribution in [0.4, 0.5) is 0 Å². The maximum absolute atomic E-state index is 12.3. The van der Waals surface area contributed by atoms with Gasteiger partial charge in [0.25, 0.3) is 5.91 Å². The maximum atomic E-state index is 12.3. The summed E-state index contributed by atoms with van der Waals surface area (Å²) in [5.41, 5.74) is 1.93. The van der Waals surface area contributed by atoms with Crippen molar-refractivity contribution in [1.29, 1.82) is 0 Å². The molecule has 0 bridgehead atoms. The summed E-state index contributed by atoms with van der Waals surface area (Å²) in [4.78, 5) is 16.5. The first-order chi connectivity index (χ1) is 11.8. The van der Waals surface area contributed by atoms with Crippen LogP contribution in [-0.4, -0.2) is 27.3 Å².